The maximum Gasteiger partial charge on any atom is 0.390 e. The van der Waals surface area contributed by atoms with Gasteiger partial charge in [-0.05, 0) is 6.07 Å². The van der Waals surface area contributed by atoms with Crippen LogP contribution in [0.25, 0.3) is 0 Å². The van der Waals surface area contributed by atoms with Crippen LogP contribution in [0.4, 0.5) is 17.6 Å². The summed E-state index contributed by atoms with van der Waals surface area (Å²) in [4.78, 5) is 3.22. The third kappa shape index (κ3) is 2.95. The molecule has 0 saturated carbocycles. The van der Waals surface area contributed by atoms with Crippen molar-refractivity contribution < 1.29 is 17.6 Å². The van der Waals surface area contributed by atoms with Crippen LogP contribution in [0, 0.1) is 5.95 Å². The van der Waals surface area contributed by atoms with Gasteiger partial charge in [-0.25, -0.2) is 4.98 Å². The highest BCUT2D eigenvalue weighted by molar-refractivity contribution is 5.15. The van der Waals surface area contributed by atoms with Crippen molar-refractivity contribution in [1.29, 1.82) is 0 Å². The van der Waals surface area contributed by atoms with Gasteiger partial charge in [0.15, 0.2) is 0 Å². The van der Waals surface area contributed by atoms with Crippen LogP contribution < -0.4 is 5.73 Å². The second kappa shape index (κ2) is 3.91. The lowest BCUT2D eigenvalue weighted by atomic mass is 10.1. The zero-order valence-electron chi connectivity index (χ0n) is 7.05. The van der Waals surface area contributed by atoms with E-state index in [9.17, 15) is 17.6 Å². The van der Waals surface area contributed by atoms with Gasteiger partial charge in [-0.3, -0.25) is 0 Å². The van der Waals surface area contributed by atoms with Crippen molar-refractivity contribution in [3.8, 4) is 0 Å². The molecule has 1 aromatic heterocycles. The van der Waals surface area contributed by atoms with Gasteiger partial charge in [-0.2, -0.15) is 17.6 Å². The predicted octanol–water partition coefficient (Wildman–Crippen LogP) is 2.17. The van der Waals surface area contributed by atoms with Gasteiger partial charge in [0.2, 0.25) is 5.95 Å². The Morgan fingerprint density at radius 3 is 2.57 bits per heavy atom. The van der Waals surface area contributed by atoms with Crippen LogP contribution in [-0.4, -0.2) is 11.2 Å². The Morgan fingerprint density at radius 1 is 1.43 bits per heavy atom. The van der Waals surface area contributed by atoms with Crippen molar-refractivity contribution in [2.24, 2.45) is 5.73 Å². The highest BCUT2D eigenvalue weighted by Gasteiger charge is 2.31. The number of hydrogen-bond acceptors (Lipinski definition) is 2. The molecule has 2 nitrogen and oxygen atoms in total. The van der Waals surface area contributed by atoms with E-state index in [4.69, 9.17) is 5.73 Å². The second-order valence-corrected chi connectivity index (χ2v) is 2.81. The van der Waals surface area contributed by atoms with Gasteiger partial charge >= 0.3 is 6.18 Å². The molecule has 0 aliphatic heterocycles. The van der Waals surface area contributed by atoms with Crippen LogP contribution >= 0.6 is 0 Å². The molecule has 0 aromatic carbocycles. The Kier molecular flexibility index (Phi) is 3.05. The molecule has 0 unspecified atom stereocenters. The molecule has 0 radical (unpaired) electrons. The first-order valence-corrected chi connectivity index (χ1v) is 3.83. The van der Waals surface area contributed by atoms with E-state index in [1.54, 1.807) is 0 Å². The fourth-order valence-electron chi connectivity index (χ4n) is 1.03. The zero-order chi connectivity index (χ0) is 10.8. The third-order valence-electron chi connectivity index (χ3n) is 1.64. The van der Waals surface area contributed by atoms with Crippen molar-refractivity contribution >= 4 is 0 Å². The van der Waals surface area contributed by atoms with Crippen molar-refractivity contribution in [3.05, 3.63) is 29.8 Å². The smallest absolute Gasteiger partial charge is 0.324 e. The van der Waals surface area contributed by atoms with E-state index >= 15 is 0 Å². The Balaban J connectivity index is 2.80. The molecule has 0 aliphatic carbocycles. The SMILES string of the molecule is N[C@H](CC(F)(F)F)c1cccnc1F. The predicted molar refractivity (Wildman–Crippen MR) is 41.8 cm³/mol. The Hall–Kier alpha value is -1.17. The van der Waals surface area contributed by atoms with Gasteiger partial charge < -0.3 is 5.73 Å². The van der Waals surface area contributed by atoms with Crippen molar-refractivity contribution in [1.82, 2.24) is 4.98 Å². The van der Waals surface area contributed by atoms with Gasteiger partial charge in [0, 0.05) is 17.8 Å². The molecule has 1 heterocycles. The van der Waals surface area contributed by atoms with E-state index in [0.29, 0.717) is 0 Å². The summed E-state index contributed by atoms with van der Waals surface area (Å²) < 4.78 is 48.6. The second-order valence-electron chi connectivity index (χ2n) is 2.81. The summed E-state index contributed by atoms with van der Waals surface area (Å²) in [5.41, 5.74) is 4.96. The zero-order valence-corrected chi connectivity index (χ0v) is 7.05. The normalized spacial score (nSPS) is 14.1. The maximum absolute atomic E-state index is 12.9. The Morgan fingerprint density at radius 2 is 2.07 bits per heavy atom. The molecule has 14 heavy (non-hydrogen) atoms. The highest BCUT2D eigenvalue weighted by Crippen LogP contribution is 2.28. The van der Waals surface area contributed by atoms with E-state index in [2.05, 4.69) is 4.98 Å². The van der Waals surface area contributed by atoms with Gasteiger partial charge in [-0.15, -0.1) is 0 Å². The fourth-order valence-corrected chi connectivity index (χ4v) is 1.03. The van der Waals surface area contributed by atoms with Crippen LogP contribution in [-0.2, 0) is 0 Å². The minimum Gasteiger partial charge on any atom is -0.324 e. The Bertz CT molecular complexity index is 310. The molecular formula is C8H8F4N2. The molecule has 0 fully saturated rings. The van der Waals surface area contributed by atoms with Crippen LogP contribution in [0.15, 0.2) is 18.3 Å². The molecule has 0 saturated heterocycles. The standard InChI is InChI=1S/C8H8F4N2/c9-7-5(2-1-3-14-7)6(13)4-8(10,11)12/h1-3,6H,4,13H2/t6-/m1/s1. The lowest BCUT2D eigenvalue weighted by molar-refractivity contribution is -0.138. The van der Waals surface area contributed by atoms with Crippen LogP contribution in [0.5, 0.6) is 0 Å². The first-order valence-electron chi connectivity index (χ1n) is 3.83. The fraction of sp³-hybridized carbons (Fsp3) is 0.375. The van der Waals surface area contributed by atoms with Crippen LogP contribution in [0.2, 0.25) is 0 Å². The molecule has 0 spiro atoms. The van der Waals surface area contributed by atoms with E-state index < -0.39 is 24.6 Å². The summed E-state index contributed by atoms with van der Waals surface area (Å²) in [5.74, 6) is -0.954. The molecule has 78 valence electrons. The summed E-state index contributed by atoms with van der Waals surface area (Å²) in [6.45, 7) is 0. The first-order chi connectivity index (χ1) is 6.40. The van der Waals surface area contributed by atoms with Crippen molar-refractivity contribution in [2.75, 3.05) is 0 Å². The van der Waals surface area contributed by atoms with Gasteiger partial charge in [0.05, 0.1) is 6.42 Å². The van der Waals surface area contributed by atoms with Crippen LogP contribution in [0.3, 0.4) is 0 Å². The van der Waals surface area contributed by atoms with E-state index in [-0.39, 0.29) is 5.56 Å². The monoisotopic (exact) mass is 208 g/mol. The minimum absolute atomic E-state index is 0.218. The van der Waals surface area contributed by atoms with E-state index in [0.717, 1.165) is 6.20 Å². The number of nitrogens with zero attached hydrogens (tertiary/aromatic N) is 1. The molecular weight excluding hydrogens is 200 g/mol. The molecule has 1 aromatic rings. The van der Waals surface area contributed by atoms with E-state index in [1.165, 1.54) is 12.1 Å². The number of alkyl halides is 3. The summed E-state index contributed by atoms with van der Waals surface area (Å²) in [6, 6.07) is 1.14. The number of hydrogen-bond donors (Lipinski definition) is 1. The highest BCUT2D eigenvalue weighted by atomic mass is 19.4. The third-order valence-corrected chi connectivity index (χ3v) is 1.64. The van der Waals surface area contributed by atoms with E-state index in [1.807, 2.05) is 0 Å². The average molecular weight is 208 g/mol. The number of aromatic nitrogens is 1. The molecule has 1 atom stereocenters. The molecule has 1 rings (SSSR count). The largest absolute Gasteiger partial charge is 0.390 e. The molecule has 2 N–H and O–H groups in total. The number of rotatable bonds is 2. The van der Waals surface area contributed by atoms with Gasteiger partial charge in [0.1, 0.15) is 0 Å². The van der Waals surface area contributed by atoms with Crippen molar-refractivity contribution in [2.45, 2.75) is 18.6 Å². The minimum atomic E-state index is -4.40. The maximum atomic E-state index is 12.9. The topological polar surface area (TPSA) is 38.9 Å². The summed E-state index contributed by atoms with van der Waals surface area (Å²) in [6.07, 6.45) is -4.50. The molecule has 0 aliphatic rings. The summed E-state index contributed by atoms with van der Waals surface area (Å²) in [5, 5.41) is 0. The summed E-state index contributed by atoms with van der Waals surface area (Å²) in [7, 11) is 0. The van der Waals surface area contributed by atoms with Crippen molar-refractivity contribution in [3.63, 3.8) is 0 Å². The van der Waals surface area contributed by atoms with Gasteiger partial charge in [0.25, 0.3) is 0 Å². The molecule has 0 bridgehead atoms. The molecule has 6 heteroatoms. The lowest BCUT2D eigenvalue weighted by Gasteiger charge is -2.14. The van der Waals surface area contributed by atoms with Crippen LogP contribution in [0.1, 0.15) is 18.0 Å². The first kappa shape index (κ1) is 10.9. The number of halogens is 4. The number of nitrogens with two attached hydrogens (primary N) is 1. The summed E-state index contributed by atoms with van der Waals surface area (Å²) >= 11 is 0. The van der Waals surface area contributed by atoms with Gasteiger partial charge in [-0.1, -0.05) is 6.07 Å². The lowest BCUT2D eigenvalue weighted by Crippen LogP contribution is -2.21. The quantitative estimate of drug-likeness (QED) is 0.597. The molecule has 0 amide bonds. The Labute approximate surface area is 77.7 Å². The number of pyridine rings is 1. The average Bonchev–Trinajstić information content (AvgIpc) is 2.01.